The number of cyclic esters (lactones) is 1. The minimum Gasteiger partial charge on any atom is -0.444 e. The topological polar surface area (TPSA) is 110 Å². The summed E-state index contributed by atoms with van der Waals surface area (Å²) in [6, 6.07) is 13.5. The van der Waals surface area contributed by atoms with Crippen molar-refractivity contribution in [3.05, 3.63) is 71.3 Å². The monoisotopic (exact) mass is 450 g/mol. The maximum Gasteiger partial charge on any atom is 0.413 e. The van der Waals surface area contributed by atoms with E-state index in [1.807, 2.05) is 18.2 Å². The van der Waals surface area contributed by atoms with Crippen LogP contribution in [0.25, 0.3) is 0 Å². The number of Topliss-reactive ketones (excluding diaryl/α,β-unsaturated/α-hetero) is 1. The van der Waals surface area contributed by atoms with Crippen LogP contribution in [0.1, 0.15) is 46.0 Å². The van der Waals surface area contributed by atoms with Gasteiger partial charge in [-0.3, -0.25) is 24.2 Å². The molecule has 0 aromatic heterocycles. The second-order valence-corrected chi connectivity index (χ2v) is 7.83. The number of ketones is 1. The van der Waals surface area contributed by atoms with Gasteiger partial charge in [0.25, 0.3) is 11.8 Å². The number of amides is 3. The van der Waals surface area contributed by atoms with Gasteiger partial charge in [-0.15, -0.1) is 0 Å². The molecule has 2 atom stereocenters. The third-order valence-corrected chi connectivity index (χ3v) is 5.78. The average molecular weight is 450 g/mol. The van der Waals surface area contributed by atoms with Crippen molar-refractivity contribution in [3.8, 4) is 0 Å². The van der Waals surface area contributed by atoms with Crippen LogP contribution in [0.2, 0.25) is 0 Å². The van der Waals surface area contributed by atoms with Crippen LogP contribution in [-0.2, 0) is 25.7 Å². The Bertz CT molecular complexity index is 1080. The van der Waals surface area contributed by atoms with Gasteiger partial charge in [0.05, 0.1) is 17.2 Å². The number of carbonyl (C=O) groups is 5. The molecule has 3 amide bonds. The first-order valence-corrected chi connectivity index (χ1v) is 10.5. The zero-order valence-corrected chi connectivity index (χ0v) is 17.9. The fraction of sp³-hybridized carbons (Fsp3) is 0.292. The van der Waals surface area contributed by atoms with Crippen LogP contribution in [0.5, 0.6) is 0 Å². The molecule has 2 aromatic carbocycles. The van der Waals surface area contributed by atoms with E-state index in [1.54, 1.807) is 36.4 Å². The zero-order chi connectivity index (χ0) is 23.5. The third-order valence-electron chi connectivity index (χ3n) is 5.78. The van der Waals surface area contributed by atoms with E-state index >= 15 is 0 Å². The molecule has 0 spiro atoms. The second-order valence-electron chi connectivity index (χ2n) is 7.83. The number of hydrogen-bond donors (Lipinski definition) is 0. The summed E-state index contributed by atoms with van der Waals surface area (Å²) < 4.78 is 10.2. The Hall–Kier alpha value is -4.01. The summed E-state index contributed by atoms with van der Waals surface area (Å²) in [5.41, 5.74) is 1.31. The second kappa shape index (κ2) is 9.23. The lowest BCUT2D eigenvalue weighted by Crippen LogP contribution is -2.44. The predicted octanol–water partition coefficient (Wildman–Crippen LogP) is 2.54. The molecule has 0 aliphatic carbocycles. The standard InChI is InChI=1S/C24H22N2O7/c1-15(26-21(28)17-9-5-6-10-18(17)22(26)29)20(27)12-11-19-23(30)33-14-25(19)24(31)32-13-16-7-3-2-4-8-16/h2-10,15,19H,11-14H2,1H3/t15?,19-/m0/s1. The summed E-state index contributed by atoms with van der Waals surface area (Å²) in [7, 11) is 0. The SMILES string of the molecule is CC(C(=O)CC[C@H]1C(=O)OCN1C(=O)OCc1ccccc1)N1C(=O)c2ccccc2C1=O. The Kier molecular flexibility index (Phi) is 6.21. The van der Waals surface area contributed by atoms with Crippen LogP contribution < -0.4 is 0 Å². The number of fused-ring (bicyclic) bond motifs is 1. The van der Waals surface area contributed by atoms with Gasteiger partial charge in [0, 0.05) is 6.42 Å². The molecule has 33 heavy (non-hydrogen) atoms. The van der Waals surface area contributed by atoms with E-state index in [4.69, 9.17) is 9.47 Å². The fourth-order valence-corrected chi connectivity index (χ4v) is 3.89. The Morgan fingerprint density at radius 2 is 1.61 bits per heavy atom. The van der Waals surface area contributed by atoms with Crippen molar-refractivity contribution in [2.75, 3.05) is 6.73 Å². The van der Waals surface area contributed by atoms with E-state index < -0.39 is 41.7 Å². The molecule has 0 saturated carbocycles. The summed E-state index contributed by atoms with van der Waals surface area (Å²) in [6.45, 7) is 1.24. The predicted molar refractivity (Wildman–Crippen MR) is 114 cm³/mol. The van der Waals surface area contributed by atoms with Gasteiger partial charge in [-0.25, -0.2) is 9.59 Å². The lowest BCUT2D eigenvalue weighted by atomic mass is 10.0. The molecular formula is C24H22N2O7. The number of hydrogen-bond acceptors (Lipinski definition) is 7. The average Bonchev–Trinajstić information content (AvgIpc) is 3.33. The van der Waals surface area contributed by atoms with Gasteiger partial charge in [0.1, 0.15) is 12.6 Å². The van der Waals surface area contributed by atoms with E-state index in [0.717, 1.165) is 15.4 Å². The van der Waals surface area contributed by atoms with Gasteiger partial charge < -0.3 is 9.47 Å². The summed E-state index contributed by atoms with van der Waals surface area (Å²) >= 11 is 0. The normalized spacial score (nSPS) is 18.2. The van der Waals surface area contributed by atoms with Crippen LogP contribution in [0.3, 0.4) is 0 Å². The number of esters is 1. The maximum absolute atomic E-state index is 12.8. The first-order valence-electron chi connectivity index (χ1n) is 10.5. The molecular weight excluding hydrogens is 428 g/mol. The van der Waals surface area contributed by atoms with Crippen molar-refractivity contribution in [1.82, 2.24) is 9.80 Å². The highest BCUT2D eigenvalue weighted by Gasteiger charge is 2.42. The molecule has 170 valence electrons. The number of nitrogens with zero attached hydrogens (tertiary/aromatic N) is 2. The first-order chi connectivity index (χ1) is 15.9. The molecule has 1 saturated heterocycles. The van der Waals surface area contributed by atoms with Crippen LogP contribution >= 0.6 is 0 Å². The van der Waals surface area contributed by atoms with E-state index in [9.17, 15) is 24.0 Å². The zero-order valence-electron chi connectivity index (χ0n) is 17.9. The molecule has 2 heterocycles. The molecule has 9 heteroatoms. The number of carbonyl (C=O) groups excluding carboxylic acids is 5. The lowest BCUT2D eigenvalue weighted by Gasteiger charge is -2.23. The molecule has 1 fully saturated rings. The van der Waals surface area contributed by atoms with Gasteiger partial charge >= 0.3 is 12.1 Å². The summed E-state index contributed by atoms with van der Waals surface area (Å²) in [4.78, 5) is 64.7. The lowest BCUT2D eigenvalue weighted by molar-refractivity contribution is -0.139. The number of rotatable bonds is 7. The molecule has 2 aliphatic heterocycles. The minimum atomic E-state index is -1.01. The van der Waals surface area contributed by atoms with Gasteiger partial charge in [-0.05, 0) is 31.0 Å². The molecule has 0 bridgehead atoms. The molecule has 0 radical (unpaired) electrons. The van der Waals surface area contributed by atoms with Crippen LogP contribution in [0.15, 0.2) is 54.6 Å². The Morgan fingerprint density at radius 3 is 2.24 bits per heavy atom. The van der Waals surface area contributed by atoms with Crippen LogP contribution in [-0.4, -0.2) is 58.3 Å². The van der Waals surface area contributed by atoms with Crippen LogP contribution in [0, 0.1) is 0 Å². The van der Waals surface area contributed by atoms with Crippen molar-refractivity contribution in [2.24, 2.45) is 0 Å². The van der Waals surface area contributed by atoms with E-state index in [1.165, 1.54) is 6.92 Å². The van der Waals surface area contributed by atoms with E-state index in [-0.39, 0.29) is 37.3 Å². The molecule has 9 nitrogen and oxygen atoms in total. The Balaban J connectivity index is 1.35. The van der Waals surface area contributed by atoms with E-state index in [2.05, 4.69) is 0 Å². The summed E-state index contributed by atoms with van der Waals surface area (Å²) in [6.07, 6.45) is -0.863. The summed E-state index contributed by atoms with van der Waals surface area (Å²) in [5, 5.41) is 0. The Morgan fingerprint density at radius 1 is 1.00 bits per heavy atom. The van der Waals surface area contributed by atoms with E-state index in [0.29, 0.717) is 0 Å². The highest BCUT2D eigenvalue weighted by atomic mass is 16.6. The third kappa shape index (κ3) is 4.34. The molecule has 2 aromatic rings. The molecule has 2 aliphatic rings. The smallest absolute Gasteiger partial charge is 0.413 e. The van der Waals surface area contributed by atoms with Gasteiger partial charge in [0.2, 0.25) is 0 Å². The molecule has 4 rings (SSSR count). The van der Waals surface area contributed by atoms with Crippen molar-refractivity contribution in [2.45, 2.75) is 38.5 Å². The van der Waals surface area contributed by atoms with Crippen molar-refractivity contribution in [3.63, 3.8) is 0 Å². The first kappa shape index (κ1) is 22.2. The van der Waals surface area contributed by atoms with Crippen molar-refractivity contribution >= 4 is 29.7 Å². The molecule has 1 unspecified atom stereocenters. The number of ether oxygens (including phenoxy) is 2. The van der Waals surface area contributed by atoms with Crippen molar-refractivity contribution in [1.29, 1.82) is 0 Å². The number of benzene rings is 2. The summed E-state index contributed by atoms with van der Waals surface area (Å²) in [5.74, 6) is -2.08. The largest absolute Gasteiger partial charge is 0.444 e. The highest BCUT2D eigenvalue weighted by Crippen LogP contribution is 2.26. The minimum absolute atomic E-state index is 0.00832. The van der Waals surface area contributed by atoms with Gasteiger partial charge in [-0.1, -0.05) is 42.5 Å². The maximum atomic E-state index is 12.8. The van der Waals surface area contributed by atoms with Gasteiger partial charge in [0.15, 0.2) is 12.5 Å². The van der Waals surface area contributed by atoms with Gasteiger partial charge in [-0.2, -0.15) is 0 Å². The molecule has 0 N–H and O–H groups in total. The Labute approximate surface area is 189 Å². The number of imide groups is 1. The highest BCUT2D eigenvalue weighted by molar-refractivity contribution is 6.22. The van der Waals surface area contributed by atoms with Crippen molar-refractivity contribution < 1.29 is 33.4 Å². The fourth-order valence-electron chi connectivity index (χ4n) is 3.89. The quantitative estimate of drug-likeness (QED) is 0.471. The van der Waals surface area contributed by atoms with Crippen LogP contribution in [0.4, 0.5) is 4.79 Å².